The maximum absolute atomic E-state index is 12.3. The lowest BCUT2D eigenvalue weighted by molar-refractivity contribution is 0.0312. The average Bonchev–Trinajstić information content (AvgIpc) is 2.60. The molecule has 142 valence electrons. The largest absolute Gasteiger partial charge is 0.460 e. The van der Waals surface area contributed by atoms with Crippen molar-refractivity contribution in [2.24, 2.45) is 0 Å². The molecule has 0 N–H and O–H groups in total. The first-order valence-electron chi connectivity index (χ1n) is 10.1. The van der Waals surface area contributed by atoms with Gasteiger partial charge in [-0.05, 0) is 42.5 Å². The van der Waals surface area contributed by atoms with Crippen LogP contribution in [-0.4, -0.2) is 25.8 Å². The third-order valence-corrected chi connectivity index (χ3v) is 4.22. The predicted octanol–water partition coefficient (Wildman–Crippen LogP) is 5.74. The maximum Gasteiger partial charge on any atom is 0.338 e. The molecule has 0 aliphatic carbocycles. The van der Waals surface area contributed by atoms with Crippen molar-refractivity contribution >= 4 is 5.97 Å². The number of aryl methyl sites for hydroxylation is 2. The van der Waals surface area contributed by atoms with E-state index in [0.717, 1.165) is 38.7 Å². The zero-order valence-corrected chi connectivity index (χ0v) is 16.4. The van der Waals surface area contributed by atoms with Crippen LogP contribution in [0.3, 0.4) is 0 Å². The lowest BCUT2D eigenvalue weighted by atomic mass is 10.00. The van der Waals surface area contributed by atoms with Gasteiger partial charge in [0.05, 0.1) is 12.2 Å². The molecule has 0 heterocycles. The highest BCUT2D eigenvalue weighted by molar-refractivity contribution is 5.89. The fraction of sp³-hybridized carbons (Fsp3) is 0.682. The van der Waals surface area contributed by atoms with Crippen molar-refractivity contribution in [2.75, 3.05) is 19.8 Å². The minimum atomic E-state index is -0.234. The zero-order valence-electron chi connectivity index (χ0n) is 16.4. The molecule has 0 saturated carbocycles. The van der Waals surface area contributed by atoms with Crippen molar-refractivity contribution in [1.29, 1.82) is 0 Å². The summed E-state index contributed by atoms with van der Waals surface area (Å²) in [6.07, 6.45) is 10.3. The van der Waals surface area contributed by atoms with Gasteiger partial charge in [0, 0.05) is 6.61 Å². The van der Waals surface area contributed by atoms with Crippen LogP contribution in [0.2, 0.25) is 0 Å². The summed E-state index contributed by atoms with van der Waals surface area (Å²) in [6, 6.07) is 6.16. The van der Waals surface area contributed by atoms with E-state index in [2.05, 4.69) is 26.8 Å². The molecule has 0 saturated heterocycles. The van der Waals surface area contributed by atoms with E-state index in [4.69, 9.17) is 9.47 Å². The van der Waals surface area contributed by atoms with E-state index in [0.29, 0.717) is 18.8 Å². The van der Waals surface area contributed by atoms with Gasteiger partial charge in [-0.15, -0.1) is 0 Å². The van der Waals surface area contributed by atoms with Crippen LogP contribution in [0.5, 0.6) is 0 Å². The molecule has 1 aromatic rings. The number of hydrogen-bond acceptors (Lipinski definition) is 3. The molecule has 3 heteroatoms. The number of hydrogen-bond donors (Lipinski definition) is 0. The van der Waals surface area contributed by atoms with Crippen molar-refractivity contribution in [2.45, 2.75) is 78.6 Å². The molecule has 0 spiro atoms. The quantitative estimate of drug-likeness (QED) is 0.318. The second kappa shape index (κ2) is 13.9. The van der Waals surface area contributed by atoms with Crippen LogP contribution in [0.1, 0.15) is 87.2 Å². The Hall–Kier alpha value is -1.35. The molecule has 0 atom stereocenters. The first-order chi connectivity index (χ1) is 12.2. The van der Waals surface area contributed by atoms with Crippen molar-refractivity contribution in [1.82, 2.24) is 0 Å². The van der Waals surface area contributed by atoms with E-state index >= 15 is 0 Å². The van der Waals surface area contributed by atoms with Crippen molar-refractivity contribution in [3.63, 3.8) is 0 Å². The Morgan fingerprint density at radius 3 is 2.00 bits per heavy atom. The van der Waals surface area contributed by atoms with Gasteiger partial charge in [-0.25, -0.2) is 4.79 Å². The van der Waals surface area contributed by atoms with Crippen LogP contribution in [0.25, 0.3) is 0 Å². The minimum Gasteiger partial charge on any atom is -0.460 e. The van der Waals surface area contributed by atoms with Gasteiger partial charge in [0.2, 0.25) is 0 Å². The third-order valence-electron chi connectivity index (χ3n) is 4.22. The highest BCUT2D eigenvalue weighted by atomic mass is 16.6. The normalized spacial score (nSPS) is 10.8. The number of rotatable bonds is 14. The Balaban J connectivity index is 2.33. The maximum atomic E-state index is 12.3. The molecule has 1 rings (SSSR count). The highest BCUT2D eigenvalue weighted by Crippen LogP contribution is 2.15. The third kappa shape index (κ3) is 9.64. The first-order valence-corrected chi connectivity index (χ1v) is 10.1. The van der Waals surface area contributed by atoms with E-state index in [9.17, 15) is 4.79 Å². The molecule has 0 aromatic heterocycles. The molecule has 0 radical (unpaired) electrons. The second-order valence-electron chi connectivity index (χ2n) is 6.70. The zero-order chi connectivity index (χ0) is 18.3. The van der Waals surface area contributed by atoms with Crippen LogP contribution in [0, 0.1) is 0 Å². The summed E-state index contributed by atoms with van der Waals surface area (Å²) in [7, 11) is 0. The topological polar surface area (TPSA) is 35.5 Å². The summed E-state index contributed by atoms with van der Waals surface area (Å²) >= 11 is 0. The Kier molecular flexibility index (Phi) is 12.0. The molecule has 0 amide bonds. The predicted molar refractivity (Wildman–Crippen MR) is 104 cm³/mol. The summed E-state index contributed by atoms with van der Waals surface area (Å²) in [4.78, 5) is 12.3. The van der Waals surface area contributed by atoms with E-state index < -0.39 is 0 Å². The van der Waals surface area contributed by atoms with Gasteiger partial charge in [-0.1, -0.05) is 65.4 Å². The van der Waals surface area contributed by atoms with Crippen LogP contribution >= 0.6 is 0 Å². The van der Waals surface area contributed by atoms with Crippen LogP contribution in [-0.2, 0) is 22.3 Å². The molecule has 0 unspecified atom stereocenters. The van der Waals surface area contributed by atoms with E-state index in [1.54, 1.807) is 0 Å². The average molecular weight is 349 g/mol. The monoisotopic (exact) mass is 348 g/mol. The fourth-order valence-corrected chi connectivity index (χ4v) is 2.93. The van der Waals surface area contributed by atoms with Gasteiger partial charge in [0.1, 0.15) is 6.61 Å². The lowest BCUT2D eigenvalue weighted by Crippen LogP contribution is -2.12. The lowest BCUT2D eigenvalue weighted by Gasteiger charge is -2.10. The van der Waals surface area contributed by atoms with Gasteiger partial charge in [0.15, 0.2) is 0 Å². The smallest absolute Gasteiger partial charge is 0.338 e. The number of carbonyl (C=O) groups excluding carboxylic acids is 1. The first kappa shape index (κ1) is 21.7. The number of carbonyl (C=O) groups is 1. The second-order valence-corrected chi connectivity index (χ2v) is 6.70. The highest BCUT2D eigenvalue weighted by Gasteiger charge is 2.10. The van der Waals surface area contributed by atoms with Gasteiger partial charge >= 0.3 is 5.97 Å². The van der Waals surface area contributed by atoms with Gasteiger partial charge in [0.25, 0.3) is 0 Å². The standard InChI is InChI=1S/C22H36O3/c1-4-7-8-9-10-13-24-14-15-25-22(23)21-17-19(11-5-2)16-20(18-21)12-6-3/h16-18H,4-15H2,1-3H3. The Bertz CT molecular complexity index is 458. The Labute approximate surface area is 154 Å². The van der Waals surface area contributed by atoms with Crippen molar-refractivity contribution < 1.29 is 14.3 Å². The molecular weight excluding hydrogens is 312 g/mol. The van der Waals surface area contributed by atoms with Gasteiger partial charge < -0.3 is 9.47 Å². The molecule has 3 nitrogen and oxygen atoms in total. The summed E-state index contributed by atoms with van der Waals surface area (Å²) in [6.45, 7) is 8.10. The SMILES string of the molecule is CCCCCCCOCCOC(=O)c1cc(CCC)cc(CCC)c1. The summed E-state index contributed by atoms with van der Waals surface area (Å²) in [5, 5.41) is 0. The minimum absolute atomic E-state index is 0.234. The molecule has 0 fully saturated rings. The van der Waals surface area contributed by atoms with Crippen molar-refractivity contribution in [3.8, 4) is 0 Å². The van der Waals surface area contributed by atoms with Crippen LogP contribution < -0.4 is 0 Å². The summed E-state index contributed by atoms with van der Waals surface area (Å²) in [5.41, 5.74) is 3.13. The van der Waals surface area contributed by atoms with E-state index in [1.165, 1.54) is 36.8 Å². The van der Waals surface area contributed by atoms with E-state index in [-0.39, 0.29) is 5.97 Å². The van der Waals surface area contributed by atoms with Gasteiger partial charge in [-0.2, -0.15) is 0 Å². The fourth-order valence-electron chi connectivity index (χ4n) is 2.93. The molecule has 25 heavy (non-hydrogen) atoms. The Morgan fingerprint density at radius 2 is 1.40 bits per heavy atom. The van der Waals surface area contributed by atoms with Gasteiger partial charge in [-0.3, -0.25) is 0 Å². The molecule has 0 aliphatic heterocycles. The molecular formula is C22H36O3. The van der Waals surface area contributed by atoms with E-state index in [1.807, 2.05) is 12.1 Å². The number of benzene rings is 1. The number of ether oxygens (including phenoxy) is 2. The summed E-state index contributed by atoms with van der Waals surface area (Å²) in [5.74, 6) is -0.234. The summed E-state index contributed by atoms with van der Waals surface area (Å²) < 4.78 is 10.9. The number of esters is 1. The molecule has 0 aliphatic rings. The molecule has 1 aromatic carbocycles. The number of unbranched alkanes of at least 4 members (excludes halogenated alkanes) is 4. The van der Waals surface area contributed by atoms with Crippen LogP contribution in [0.4, 0.5) is 0 Å². The molecule has 0 bridgehead atoms. The van der Waals surface area contributed by atoms with Crippen LogP contribution in [0.15, 0.2) is 18.2 Å². The van der Waals surface area contributed by atoms with Crippen molar-refractivity contribution in [3.05, 3.63) is 34.9 Å². The Morgan fingerprint density at radius 1 is 0.760 bits per heavy atom.